The summed E-state index contributed by atoms with van der Waals surface area (Å²) in [5.74, 6) is -0.333. The van der Waals surface area contributed by atoms with Crippen LogP contribution in [0.3, 0.4) is 0 Å². The molecule has 86 valence electrons. The minimum absolute atomic E-state index is 0.00951. The summed E-state index contributed by atoms with van der Waals surface area (Å²) in [5.41, 5.74) is 0.00951. The van der Waals surface area contributed by atoms with Crippen LogP contribution in [0.2, 0.25) is 0 Å². The Balaban J connectivity index is 2.12. The summed E-state index contributed by atoms with van der Waals surface area (Å²) in [7, 11) is 0. The quantitative estimate of drug-likeness (QED) is 0.702. The van der Waals surface area contributed by atoms with Gasteiger partial charge < -0.3 is 9.47 Å². The van der Waals surface area contributed by atoms with Crippen molar-refractivity contribution >= 4 is 6.21 Å². The van der Waals surface area contributed by atoms with Gasteiger partial charge in [-0.2, -0.15) is 0 Å². The smallest absolute Gasteiger partial charge is 0.171 e. The Morgan fingerprint density at radius 2 is 2.07 bits per heavy atom. The third-order valence-corrected chi connectivity index (χ3v) is 3.31. The van der Waals surface area contributed by atoms with E-state index in [-0.39, 0.29) is 11.3 Å². The van der Waals surface area contributed by atoms with Gasteiger partial charge >= 0.3 is 0 Å². The van der Waals surface area contributed by atoms with Gasteiger partial charge in [-0.3, -0.25) is 4.99 Å². The first-order valence-corrected chi connectivity index (χ1v) is 6.00. The highest BCUT2D eigenvalue weighted by Gasteiger charge is 2.43. The van der Waals surface area contributed by atoms with Crippen LogP contribution in [0.4, 0.5) is 0 Å². The second-order valence-electron chi connectivity index (χ2n) is 4.88. The lowest BCUT2D eigenvalue weighted by Gasteiger charge is -2.33. The molecule has 15 heavy (non-hydrogen) atoms. The number of ether oxygens (including phenoxy) is 2. The third kappa shape index (κ3) is 2.40. The van der Waals surface area contributed by atoms with E-state index in [1.807, 2.05) is 0 Å². The van der Waals surface area contributed by atoms with Gasteiger partial charge in [0.05, 0.1) is 18.8 Å². The van der Waals surface area contributed by atoms with E-state index in [2.05, 4.69) is 25.1 Å². The van der Waals surface area contributed by atoms with Crippen LogP contribution in [0.15, 0.2) is 4.99 Å². The summed E-state index contributed by atoms with van der Waals surface area (Å²) in [6.07, 6.45) is 7.15. The molecular formula is C12H21NO2. The van der Waals surface area contributed by atoms with Crippen molar-refractivity contribution in [3.8, 4) is 0 Å². The first kappa shape index (κ1) is 11.1. The molecule has 1 atom stereocenters. The molecule has 1 fully saturated rings. The molecule has 0 aliphatic carbocycles. The molecule has 3 nitrogen and oxygen atoms in total. The largest absolute Gasteiger partial charge is 0.347 e. The van der Waals surface area contributed by atoms with E-state index in [4.69, 9.17) is 9.47 Å². The van der Waals surface area contributed by atoms with Crippen molar-refractivity contribution < 1.29 is 9.47 Å². The first-order chi connectivity index (χ1) is 7.18. The van der Waals surface area contributed by atoms with Gasteiger partial charge in [0.2, 0.25) is 0 Å². The van der Waals surface area contributed by atoms with Crippen LogP contribution in [-0.4, -0.2) is 30.8 Å². The van der Waals surface area contributed by atoms with Crippen molar-refractivity contribution in [3.63, 3.8) is 0 Å². The molecule has 1 spiro atoms. The van der Waals surface area contributed by atoms with E-state index in [0.29, 0.717) is 0 Å². The number of hydrogen-bond acceptors (Lipinski definition) is 3. The summed E-state index contributed by atoms with van der Waals surface area (Å²) in [4.78, 5) is 4.68. The van der Waals surface area contributed by atoms with Gasteiger partial charge in [-0.1, -0.05) is 13.3 Å². The normalized spacial score (nSPS) is 34.5. The Kier molecular flexibility index (Phi) is 3.12. The summed E-state index contributed by atoms with van der Waals surface area (Å²) >= 11 is 0. The Labute approximate surface area is 91.9 Å². The van der Waals surface area contributed by atoms with E-state index in [0.717, 1.165) is 45.3 Å². The molecule has 0 radical (unpaired) electrons. The van der Waals surface area contributed by atoms with E-state index in [1.165, 1.54) is 0 Å². The topological polar surface area (TPSA) is 30.8 Å². The van der Waals surface area contributed by atoms with Gasteiger partial charge in [-0.15, -0.1) is 0 Å². The second kappa shape index (κ2) is 4.22. The predicted molar refractivity (Wildman–Crippen MR) is 60.3 cm³/mol. The molecule has 2 aliphatic rings. The zero-order valence-electron chi connectivity index (χ0n) is 9.79. The van der Waals surface area contributed by atoms with Gasteiger partial charge in [-0.05, 0) is 26.0 Å². The highest BCUT2D eigenvalue weighted by Crippen LogP contribution is 2.38. The average Bonchev–Trinajstić information content (AvgIpc) is 2.54. The third-order valence-electron chi connectivity index (χ3n) is 3.31. The molecule has 1 saturated heterocycles. The van der Waals surface area contributed by atoms with Gasteiger partial charge in [-0.25, -0.2) is 0 Å². The molecule has 0 N–H and O–H groups in total. The number of nitrogens with zero attached hydrogens (tertiary/aromatic N) is 1. The molecule has 2 rings (SSSR count). The van der Waals surface area contributed by atoms with Gasteiger partial charge in [0.25, 0.3) is 0 Å². The molecule has 1 unspecified atom stereocenters. The SMILES string of the molecule is CCCC1(C)CC2(CCC=N1)OCCO2. The standard InChI is InChI=1S/C12H21NO2/c1-3-5-11(2)10-12(6-4-7-13-11)14-8-9-15-12/h7H,3-6,8-10H2,1-2H3. The fraction of sp³-hybridized carbons (Fsp3) is 0.917. The van der Waals surface area contributed by atoms with Crippen LogP contribution in [0, 0.1) is 0 Å². The predicted octanol–water partition coefficient (Wildman–Crippen LogP) is 2.54. The molecular weight excluding hydrogens is 190 g/mol. The lowest BCUT2D eigenvalue weighted by molar-refractivity contribution is -0.173. The molecule has 0 aromatic rings. The van der Waals surface area contributed by atoms with Crippen molar-refractivity contribution in [1.29, 1.82) is 0 Å². The zero-order valence-corrected chi connectivity index (χ0v) is 9.79. The highest BCUT2D eigenvalue weighted by atomic mass is 16.7. The first-order valence-electron chi connectivity index (χ1n) is 6.00. The molecule has 0 bridgehead atoms. The fourth-order valence-corrected chi connectivity index (χ4v) is 2.72. The minimum Gasteiger partial charge on any atom is -0.347 e. The van der Waals surface area contributed by atoms with Crippen molar-refractivity contribution in [3.05, 3.63) is 0 Å². The van der Waals surface area contributed by atoms with Crippen LogP contribution in [0.1, 0.15) is 46.0 Å². The second-order valence-corrected chi connectivity index (χ2v) is 4.88. The molecule has 2 aliphatic heterocycles. The summed E-state index contributed by atoms with van der Waals surface area (Å²) < 4.78 is 11.6. The molecule has 2 heterocycles. The Bertz CT molecular complexity index is 246. The van der Waals surface area contributed by atoms with Crippen LogP contribution < -0.4 is 0 Å². The van der Waals surface area contributed by atoms with Crippen LogP contribution in [-0.2, 0) is 9.47 Å². The maximum absolute atomic E-state index is 5.80. The number of hydrogen-bond donors (Lipinski definition) is 0. The molecule has 0 aromatic heterocycles. The van der Waals surface area contributed by atoms with Crippen LogP contribution in [0.25, 0.3) is 0 Å². The van der Waals surface area contributed by atoms with Gasteiger partial charge in [0.1, 0.15) is 0 Å². The van der Waals surface area contributed by atoms with E-state index in [9.17, 15) is 0 Å². The fourth-order valence-electron chi connectivity index (χ4n) is 2.72. The van der Waals surface area contributed by atoms with Crippen LogP contribution in [0.5, 0.6) is 0 Å². The van der Waals surface area contributed by atoms with E-state index in [1.54, 1.807) is 0 Å². The molecule has 0 saturated carbocycles. The Hall–Kier alpha value is -0.410. The average molecular weight is 211 g/mol. The van der Waals surface area contributed by atoms with Crippen LogP contribution >= 0.6 is 0 Å². The number of aliphatic imine (C=N–C) groups is 1. The lowest BCUT2D eigenvalue weighted by atomic mass is 9.88. The molecule has 3 heteroatoms. The van der Waals surface area contributed by atoms with Gasteiger partial charge in [0, 0.05) is 12.8 Å². The van der Waals surface area contributed by atoms with Crippen molar-refractivity contribution in [1.82, 2.24) is 0 Å². The van der Waals surface area contributed by atoms with Gasteiger partial charge in [0.15, 0.2) is 5.79 Å². The molecule has 0 aromatic carbocycles. The zero-order chi connectivity index (χ0) is 10.8. The lowest BCUT2D eigenvalue weighted by Crippen LogP contribution is -2.38. The maximum Gasteiger partial charge on any atom is 0.171 e. The van der Waals surface area contributed by atoms with E-state index >= 15 is 0 Å². The molecule has 0 amide bonds. The van der Waals surface area contributed by atoms with E-state index < -0.39 is 0 Å². The summed E-state index contributed by atoms with van der Waals surface area (Å²) in [5, 5.41) is 0. The summed E-state index contributed by atoms with van der Waals surface area (Å²) in [6.45, 7) is 5.89. The monoisotopic (exact) mass is 211 g/mol. The maximum atomic E-state index is 5.80. The van der Waals surface area contributed by atoms with Crippen molar-refractivity contribution in [2.75, 3.05) is 13.2 Å². The summed E-state index contributed by atoms with van der Waals surface area (Å²) in [6, 6.07) is 0. The van der Waals surface area contributed by atoms with Crippen molar-refractivity contribution in [2.24, 2.45) is 4.99 Å². The minimum atomic E-state index is -0.333. The Morgan fingerprint density at radius 3 is 2.73 bits per heavy atom. The number of rotatable bonds is 2. The highest BCUT2D eigenvalue weighted by molar-refractivity contribution is 5.58. The Morgan fingerprint density at radius 1 is 1.33 bits per heavy atom. The van der Waals surface area contributed by atoms with Crippen molar-refractivity contribution in [2.45, 2.75) is 57.3 Å².